The molecular formula is C14H20N5OS3+. The van der Waals surface area contributed by atoms with Gasteiger partial charge < -0.3 is 9.80 Å². The molecule has 3 heterocycles. The third-order valence-electron chi connectivity index (χ3n) is 3.87. The number of carbonyl (C=O) groups excluding carboxylic acids is 1. The second-order valence-electron chi connectivity index (χ2n) is 5.73. The molecule has 0 bridgehead atoms. The summed E-state index contributed by atoms with van der Waals surface area (Å²) in [5.41, 5.74) is 0.988. The molecule has 3 rings (SSSR count). The lowest BCUT2D eigenvalue weighted by atomic mass is 10.3. The SMILES string of the molecule is Cc1csc(CC(=O)N2CC[NH+](Cn3nc(C)sc3=S)CC2)n1. The molecule has 0 saturated carbocycles. The molecule has 1 saturated heterocycles. The van der Waals surface area contributed by atoms with Crippen LogP contribution in [-0.4, -0.2) is 51.8 Å². The highest BCUT2D eigenvalue weighted by atomic mass is 32.1. The molecule has 6 nitrogen and oxygen atoms in total. The zero-order chi connectivity index (χ0) is 16.4. The molecular weight excluding hydrogens is 350 g/mol. The molecule has 0 radical (unpaired) electrons. The molecule has 0 spiro atoms. The van der Waals surface area contributed by atoms with Crippen LogP contribution in [0.3, 0.4) is 0 Å². The highest BCUT2D eigenvalue weighted by Crippen LogP contribution is 2.10. The third kappa shape index (κ3) is 4.23. The number of piperazine rings is 1. The van der Waals surface area contributed by atoms with Gasteiger partial charge in [0.25, 0.3) is 0 Å². The van der Waals surface area contributed by atoms with E-state index >= 15 is 0 Å². The normalized spacial score (nSPS) is 16.0. The summed E-state index contributed by atoms with van der Waals surface area (Å²) < 4.78 is 2.73. The van der Waals surface area contributed by atoms with Crippen molar-refractivity contribution in [1.29, 1.82) is 0 Å². The molecule has 1 amide bonds. The minimum absolute atomic E-state index is 0.180. The van der Waals surface area contributed by atoms with Gasteiger partial charge in [0.1, 0.15) is 10.0 Å². The molecule has 0 atom stereocenters. The number of carbonyl (C=O) groups is 1. The monoisotopic (exact) mass is 370 g/mol. The number of aryl methyl sites for hydroxylation is 2. The lowest BCUT2D eigenvalue weighted by molar-refractivity contribution is -0.927. The molecule has 2 aromatic rings. The average molecular weight is 371 g/mol. The highest BCUT2D eigenvalue weighted by molar-refractivity contribution is 7.73. The van der Waals surface area contributed by atoms with Crippen LogP contribution in [0.1, 0.15) is 15.7 Å². The van der Waals surface area contributed by atoms with Crippen molar-refractivity contribution in [3.8, 4) is 0 Å². The Kier molecular flexibility index (Phi) is 5.20. The second-order valence-corrected chi connectivity index (χ2v) is 8.50. The van der Waals surface area contributed by atoms with Gasteiger partial charge >= 0.3 is 0 Å². The number of quaternary nitrogens is 1. The Morgan fingerprint density at radius 3 is 2.70 bits per heavy atom. The molecule has 1 fully saturated rings. The summed E-state index contributed by atoms with van der Waals surface area (Å²) in [6, 6.07) is 0. The number of nitrogens with zero attached hydrogens (tertiary/aromatic N) is 4. The number of nitrogens with one attached hydrogen (secondary N) is 1. The van der Waals surface area contributed by atoms with Crippen LogP contribution >= 0.6 is 34.9 Å². The van der Waals surface area contributed by atoms with Gasteiger partial charge in [-0.2, -0.15) is 9.78 Å². The van der Waals surface area contributed by atoms with Gasteiger partial charge in [-0.25, -0.2) is 4.98 Å². The summed E-state index contributed by atoms with van der Waals surface area (Å²) >= 11 is 8.43. The van der Waals surface area contributed by atoms with E-state index in [1.807, 2.05) is 28.8 Å². The summed E-state index contributed by atoms with van der Waals surface area (Å²) in [6.07, 6.45) is 0.421. The predicted molar refractivity (Wildman–Crippen MR) is 93.5 cm³/mol. The second kappa shape index (κ2) is 7.16. The van der Waals surface area contributed by atoms with Crippen LogP contribution in [-0.2, 0) is 17.9 Å². The van der Waals surface area contributed by atoms with Gasteiger partial charge in [-0.1, -0.05) is 11.3 Å². The van der Waals surface area contributed by atoms with Crippen LogP contribution in [0.2, 0.25) is 0 Å². The molecule has 2 aromatic heterocycles. The molecule has 1 aliphatic rings. The summed E-state index contributed by atoms with van der Waals surface area (Å²) in [5, 5.41) is 8.34. The first kappa shape index (κ1) is 16.7. The summed E-state index contributed by atoms with van der Waals surface area (Å²) in [6.45, 7) is 8.16. The van der Waals surface area contributed by atoms with Gasteiger partial charge in [-0.05, 0) is 26.1 Å². The fourth-order valence-corrected chi connectivity index (χ4v) is 4.51. The first-order valence-corrected chi connectivity index (χ1v) is 9.68. The van der Waals surface area contributed by atoms with Gasteiger partial charge in [0, 0.05) is 11.1 Å². The Labute approximate surface area is 148 Å². The quantitative estimate of drug-likeness (QED) is 0.804. The van der Waals surface area contributed by atoms with E-state index in [-0.39, 0.29) is 5.91 Å². The number of amides is 1. The Morgan fingerprint density at radius 2 is 2.13 bits per heavy atom. The van der Waals surface area contributed by atoms with E-state index in [0.29, 0.717) is 6.42 Å². The Bertz CT molecular complexity index is 742. The zero-order valence-corrected chi connectivity index (χ0v) is 15.7. The topological polar surface area (TPSA) is 55.5 Å². The van der Waals surface area contributed by atoms with Crippen molar-refractivity contribution in [3.05, 3.63) is 25.0 Å². The van der Waals surface area contributed by atoms with E-state index < -0.39 is 0 Å². The molecule has 9 heteroatoms. The van der Waals surface area contributed by atoms with Crippen molar-refractivity contribution in [2.45, 2.75) is 26.9 Å². The predicted octanol–water partition coefficient (Wildman–Crippen LogP) is 0.675. The van der Waals surface area contributed by atoms with Crippen LogP contribution in [0.25, 0.3) is 0 Å². The van der Waals surface area contributed by atoms with Crippen molar-refractivity contribution >= 4 is 40.8 Å². The Hall–Kier alpha value is -1.16. The van der Waals surface area contributed by atoms with Gasteiger partial charge in [-0.3, -0.25) is 4.79 Å². The van der Waals surface area contributed by atoms with Crippen LogP contribution < -0.4 is 4.90 Å². The van der Waals surface area contributed by atoms with Gasteiger partial charge in [0.15, 0.2) is 10.6 Å². The van der Waals surface area contributed by atoms with Crippen molar-refractivity contribution in [2.24, 2.45) is 0 Å². The number of aromatic nitrogens is 3. The summed E-state index contributed by atoms with van der Waals surface area (Å²) in [5.74, 6) is 0.180. The molecule has 1 aliphatic heterocycles. The van der Waals surface area contributed by atoms with Crippen molar-refractivity contribution in [1.82, 2.24) is 19.7 Å². The number of hydrogen-bond acceptors (Lipinski definition) is 6. The smallest absolute Gasteiger partial charge is 0.229 e. The minimum atomic E-state index is 0.180. The van der Waals surface area contributed by atoms with Crippen molar-refractivity contribution in [3.63, 3.8) is 0 Å². The van der Waals surface area contributed by atoms with E-state index in [2.05, 4.69) is 10.1 Å². The first-order chi connectivity index (χ1) is 11.0. The van der Waals surface area contributed by atoms with Crippen LogP contribution in [0, 0.1) is 17.8 Å². The van der Waals surface area contributed by atoms with Crippen LogP contribution in [0.4, 0.5) is 0 Å². The molecule has 1 N–H and O–H groups in total. The van der Waals surface area contributed by atoms with E-state index in [4.69, 9.17) is 12.2 Å². The summed E-state index contributed by atoms with van der Waals surface area (Å²) in [7, 11) is 0. The zero-order valence-electron chi connectivity index (χ0n) is 13.2. The lowest BCUT2D eigenvalue weighted by Crippen LogP contribution is -3.14. The van der Waals surface area contributed by atoms with E-state index in [1.54, 1.807) is 22.7 Å². The first-order valence-electron chi connectivity index (χ1n) is 7.58. The van der Waals surface area contributed by atoms with Gasteiger partial charge in [-0.15, -0.1) is 11.3 Å². The molecule has 23 heavy (non-hydrogen) atoms. The van der Waals surface area contributed by atoms with E-state index in [1.165, 1.54) is 4.90 Å². The van der Waals surface area contributed by atoms with Gasteiger partial charge in [0.2, 0.25) is 5.91 Å². The molecule has 0 unspecified atom stereocenters. The fourth-order valence-electron chi connectivity index (χ4n) is 2.68. The van der Waals surface area contributed by atoms with Gasteiger partial charge in [0.05, 0.1) is 32.6 Å². The van der Waals surface area contributed by atoms with Crippen LogP contribution in [0.5, 0.6) is 0 Å². The Balaban J connectivity index is 1.51. The van der Waals surface area contributed by atoms with Crippen LogP contribution in [0.15, 0.2) is 5.38 Å². The number of thiazole rings is 1. The average Bonchev–Trinajstić information content (AvgIpc) is 3.05. The van der Waals surface area contributed by atoms with Crippen molar-refractivity contribution < 1.29 is 9.69 Å². The summed E-state index contributed by atoms with van der Waals surface area (Å²) in [4.78, 5) is 20.1. The van der Waals surface area contributed by atoms with E-state index in [9.17, 15) is 4.79 Å². The standard InChI is InChI=1S/C14H19N5OS3/c1-10-8-22-12(15-10)7-13(20)18-5-3-17(4-6-18)9-19-14(21)23-11(2)16-19/h8H,3-7,9H2,1-2H3/p+1. The third-order valence-corrected chi connectivity index (χ3v) is 6.06. The van der Waals surface area contributed by atoms with Crippen molar-refractivity contribution in [2.75, 3.05) is 26.2 Å². The lowest BCUT2D eigenvalue weighted by Gasteiger charge is -2.31. The maximum atomic E-state index is 12.3. The minimum Gasteiger partial charge on any atom is -0.331 e. The molecule has 124 valence electrons. The maximum Gasteiger partial charge on any atom is 0.229 e. The van der Waals surface area contributed by atoms with E-state index in [0.717, 1.165) is 52.5 Å². The fraction of sp³-hybridized carbons (Fsp3) is 0.571. The molecule has 0 aliphatic carbocycles. The number of rotatable bonds is 4. The largest absolute Gasteiger partial charge is 0.331 e. The number of hydrogen-bond donors (Lipinski definition) is 1. The molecule has 0 aromatic carbocycles. The highest BCUT2D eigenvalue weighted by Gasteiger charge is 2.24. The maximum absolute atomic E-state index is 12.3. The Morgan fingerprint density at radius 1 is 1.39 bits per heavy atom.